The quantitative estimate of drug-likeness (QED) is 0.890. The second-order valence-electron chi connectivity index (χ2n) is 4.73. The monoisotopic (exact) mass is 272 g/mol. The van der Waals surface area contributed by atoms with Crippen molar-refractivity contribution in [1.82, 2.24) is 10.2 Å². The molecule has 0 radical (unpaired) electrons. The first-order chi connectivity index (χ1) is 8.09. The lowest BCUT2D eigenvalue weighted by atomic mass is 10.1. The number of halogens is 2. The van der Waals surface area contributed by atoms with E-state index in [1.165, 1.54) is 0 Å². The van der Waals surface area contributed by atoms with E-state index in [0.717, 1.165) is 35.2 Å². The summed E-state index contributed by atoms with van der Waals surface area (Å²) in [5.41, 5.74) is 1.04. The molecule has 1 aliphatic heterocycles. The van der Waals surface area contributed by atoms with Crippen LogP contribution in [-0.4, -0.2) is 30.1 Å². The molecule has 0 amide bonds. The van der Waals surface area contributed by atoms with Crippen LogP contribution in [0.5, 0.6) is 0 Å². The standard InChI is InChI=1S/C13H18Cl2N2/c1-9-6-16-7-10(2)17(9)8-11-12(14)4-3-5-13(11)15/h3-5,9-10,16H,6-8H2,1-2H3. The van der Waals surface area contributed by atoms with Crippen LogP contribution < -0.4 is 5.32 Å². The summed E-state index contributed by atoms with van der Waals surface area (Å²) in [5, 5.41) is 4.94. The van der Waals surface area contributed by atoms with E-state index in [9.17, 15) is 0 Å². The van der Waals surface area contributed by atoms with E-state index >= 15 is 0 Å². The third-order valence-corrected chi connectivity index (χ3v) is 4.12. The average molecular weight is 273 g/mol. The number of piperazine rings is 1. The first-order valence-corrected chi connectivity index (χ1v) is 6.74. The zero-order chi connectivity index (χ0) is 12.4. The third-order valence-electron chi connectivity index (χ3n) is 3.41. The summed E-state index contributed by atoms with van der Waals surface area (Å²) >= 11 is 12.4. The maximum absolute atomic E-state index is 6.22. The van der Waals surface area contributed by atoms with Gasteiger partial charge in [0, 0.05) is 47.3 Å². The van der Waals surface area contributed by atoms with Crippen LogP contribution in [-0.2, 0) is 6.54 Å². The van der Waals surface area contributed by atoms with Crippen molar-refractivity contribution >= 4 is 23.2 Å². The molecule has 0 bridgehead atoms. The fourth-order valence-electron chi connectivity index (χ4n) is 2.35. The average Bonchev–Trinajstić information content (AvgIpc) is 2.27. The van der Waals surface area contributed by atoms with Crippen molar-refractivity contribution < 1.29 is 0 Å². The SMILES string of the molecule is CC1CNCC(C)N1Cc1c(Cl)cccc1Cl. The molecule has 1 aromatic carbocycles. The van der Waals surface area contributed by atoms with E-state index in [0.29, 0.717) is 12.1 Å². The van der Waals surface area contributed by atoms with Crippen LogP contribution in [0.25, 0.3) is 0 Å². The Morgan fingerprint density at radius 3 is 2.24 bits per heavy atom. The van der Waals surface area contributed by atoms with Crippen molar-refractivity contribution in [2.75, 3.05) is 13.1 Å². The van der Waals surface area contributed by atoms with Crippen molar-refractivity contribution in [2.24, 2.45) is 0 Å². The second kappa shape index (κ2) is 5.57. The number of benzene rings is 1. The van der Waals surface area contributed by atoms with Gasteiger partial charge in [-0.05, 0) is 26.0 Å². The van der Waals surface area contributed by atoms with E-state index in [1.54, 1.807) is 0 Å². The molecule has 0 aliphatic carbocycles. The van der Waals surface area contributed by atoms with Gasteiger partial charge in [0.15, 0.2) is 0 Å². The summed E-state index contributed by atoms with van der Waals surface area (Å²) in [6, 6.07) is 6.71. The maximum atomic E-state index is 6.22. The Kier molecular flexibility index (Phi) is 4.31. The molecule has 1 aliphatic rings. The molecular weight excluding hydrogens is 255 g/mol. The number of rotatable bonds is 2. The minimum Gasteiger partial charge on any atom is -0.314 e. The molecule has 2 unspecified atom stereocenters. The highest BCUT2D eigenvalue weighted by Gasteiger charge is 2.25. The van der Waals surface area contributed by atoms with E-state index in [2.05, 4.69) is 24.1 Å². The smallest absolute Gasteiger partial charge is 0.0465 e. The second-order valence-corrected chi connectivity index (χ2v) is 5.54. The molecule has 17 heavy (non-hydrogen) atoms. The summed E-state index contributed by atoms with van der Waals surface area (Å²) in [5.74, 6) is 0. The van der Waals surface area contributed by atoms with Crippen molar-refractivity contribution in [2.45, 2.75) is 32.5 Å². The summed E-state index contributed by atoms with van der Waals surface area (Å²) in [7, 11) is 0. The number of hydrogen-bond donors (Lipinski definition) is 1. The molecule has 2 atom stereocenters. The molecule has 1 heterocycles. The van der Waals surface area contributed by atoms with Crippen molar-refractivity contribution in [3.05, 3.63) is 33.8 Å². The van der Waals surface area contributed by atoms with Gasteiger partial charge in [-0.2, -0.15) is 0 Å². The van der Waals surface area contributed by atoms with Crippen LogP contribution in [0.4, 0.5) is 0 Å². The highest BCUT2D eigenvalue weighted by Crippen LogP contribution is 2.27. The first kappa shape index (κ1) is 13.2. The van der Waals surface area contributed by atoms with Gasteiger partial charge in [-0.3, -0.25) is 4.90 Å². The maximum Gasteiger partial charge on any atom is 0.0465 e. The largest absolute Gasteiger partial charge is 0.314 e. The van der Waals surface area contributed by atoms with Crippen molar-refractivity contribution in [3.8, 4) is 0 Å². The zero-order valence-corrected chi connectivity index (χ0v) is 11.7. The molecule has 2 nitrogen and oxygen atoms in total. The minimum absolute atomic E-state index is 0.506. The molecule has 0 saturated carbocycles. The molecule has 0 aromatic heterocycles. The van der Waals surface area contributed by atoms with Crippen LogP contribution in [0.3, 0.4) is 0 Å². The fraction of sp³-hybridized carbons (Fsp3) is 0.538. The van der Waals surface area contributed by atoms with E-state index in [-0.39, 0.29) is 0 Å². The fourth-order valence-corrected chi connectivity index (χ4v) is 2.86. The van der Waals surface area contributed by atoms with E-state index in [4.69, 9.17) is 23.2 Å². The van der Waals surface area contributed by atoms with Crippen molar-refractivity contribution in [1.29, 1.82) is 0 Å². The van der Waals surface area contributed by atoms with Gasteiger partial charge in [0.25, 0.3) is 0 Å². The summed E-state index contributed by atoms with van der Waals surface area (Å²) in [4.78, 5) is 2.45. The molecule has 1 fully saturated rings. The van der Waals surface area contributed by atoms with Crippen LogP contribution in [0.2, 0.25) is 10.0 Å². The normalized spacial score (nSPS) is 26.1. The Hall–Kier alpha value is -0.280. The van der Waals surface area contributed by atoms with Gasteiger partial charge in [-0.1, -0.05) is 29.3 Å². The Morgan fingerprint density at radius 2 is 1.71 bits per heavy atom. The van der Waals surface area contributed by atoms with Crippen molar-refractivity contribution in [3.63, 3.8) is 0 Å². The van der Waals surface area contributed by atoms with Gasteiger partial charge in [0.05, 0.1) is 0 Å². The van der Waals surface area contributed by atoms with E-state index < -0.39 is 0 Å². The highest BCUT2D eigenvalue weighted by molar-refractivity contribution is 6.35. The van der Waals surface area contributed by atoms with Crippen LogP contribution >= 0.6 is 23.2 Å². The third kappa shape index (κ3) is 2.94. The molecule has 0 spiro atoms. The van der Waals surface area contributed by atoms with Gasteiger partial charge in [0.2, 0.25) is 0 Å². The van der Waals surface area contributed by atoms with Crippen LogP contribution in [0.1, 0.15) is 19.4 Å². The predicted octanol–water partition coefficient (Wildman–Crippen LogP) is 3.18. The predicted molar refractivity (Wildman–Crippen MR) is 73.8 cm³/mol. The summed E-state index contributed by atoms with van der Waals surface area (Å²) in [6.45, 7) is 7.32. The van der Waals surface area contributed by atoms with Gasteiger partial charge in [-0.25, -0.2) is 0 Å². The van der Waals surface area contributed by atoms with Gasteiger partial charge in [-0.15, -0.1) is 0 Å². The topological polar surface area (TPSA) is 15.3 Å². The molecule has 94 valence electrons. The molecular formula is C13H18Cl2N2. The van der Waals surface area contributed by atoms with E-state index in [1.807, 2.05) is 18.2 Å². The Morgan fingerprint density at radius 1 is 1.18 bits per heavy atom. The number of nitrogens with zero attached hydrogens (tertiary/aromatic N) is 1. The minimum atomic E-state index is 0.506. The molecule has 1 saturated heterocycles. The summed E-state index contributed by atoms with van der Waals surface area (Å²) in [6.07, 6.45) is 0. The molecule has 4 heteroatoms. The highest BCUT2D eigenvalue weighted by atomic mass is 35.5. The molecule has 1 aromatic rings. The lowest BCUT2D eigenvalue weighted by Crippen LogP contribution is -2.54. The van der Waals surface area contributed by atoms with Gasteiger partial charge >= 0.3 is 0 Å². The lowest BCUT2D eigenvalue weighted by molar-refractivity contribution is 0.109. The Labute approximate surface area is 113 Å². The summed E-state index contributed by atoms with van der Waals surface area (Å²) < 4.78 is 0. The zero-order valence-electron chi connectivity index (χ0n) is 10.2. The first-order valence-electron chi connectivity index (χ1n) is 5.99. The lowest BCUT2D eigenvalue weighted by Gasteiger charge is -2.39. The van der Waals surface area contributed by atoms with Gasteiger partial charge in [0.1, 0.15) is 0 Å². The number of hydrogen-bond acceptors (Lipinski definition) is 2. The Balaban J connectivity index is 2.19. The van der Waals surface area contributed by atoms with Crippen LogP contribution in [0.15, 0.2) is 18.2 Å². The van der Waals surface area contributed by atoms with Gasteiger partial charge < -0.3 is 5.32 Å². The molecule has 1 N–H and O–H groups in total. The number of nitrogens with one attached hydrogen (secondary N) is 1. The van der Waals surface area contributed by atoms with Crippen LogP contribution in [0, 0.1) is 0 Å². The Bertz CT molecular complexity index is 365. The molecule has 2 rings (SSSR count).